The average Bonchev–Trinajstić information content (AvgIpc) is 2.89. The number of aryl methyl sites for hydroxylation is 1. The number of nitrogens with two attached hydrogens (primary N) is 1. The maximum absolute atomic E-state index is 12.5. The van der Waals surface area contributed by atoms with Gasteiger partial charge in [0.05, 0.1) is 18.6 Å². The Labute approximate surface area is 129 Å². The van der Waals surface area contributed by atoms with Crippen molar-refractivity contribution in [3.8, 4) is 0 Å². The summed E-state index contributed by atoms with van der Waals surface area (Å²) in [5.74, 6) is 1.55. The Morgan fingerprint density at radius 2 is 2.09 bits per heavy atom. The first-order valence-electron chi connectivity index (χ1n) is 7.57. The quantitative estimate of drug-likeness (QED) is 0.919. The third-order valence-electron chi connectivity index (χ3n) is 3.98. The highest BCUT2D eigenvalue weighted by Gasteiger charge is 2.34. The predicted octanol–water partition coefficient (Wildman–Crippen LogP) is 1.06. The molecule has 0 bridgehead atoms. The molecule has 0 fully saturated rings. The van der Waals surface area contributed by atoms with Crippen LogP contribution >= 0.6 is 0 Å². The molecule has 2 atom stereocenters. The Morgan fingerprint density at radius 1 is 1.36 bits per heavy atom. The van der Waals surface area contributed by atoms with Crippen LogP contribution in [0.5, 0.6) is 0 Å². The van der Waals surface area contributed by atoms with E-state index in [1.807, 2.05) is 34.7 Å². The lowest BCUT2D eigenvalue weighted by molar-refractivity contribution is -0.136. The molecule has 0 saturated carbocycles. The van der Waals surface area contributed by atoms with Crippen LogP contribution in [0.4, 0.5) is 0 Å². The fraction of sp³-hybridized carbons (Fsp3) is 0.438. The first-order valence-corrected chi connectivity index (χ1v) is 7.57. The summed E-state index contributed by atoms with van der Waals surface area (Å²) < 4.78 is 1.91. The maximum atomic E-state index is 12.5. The van der Waals surface area contributed by atoms with Crippen molar-refractivity contribution in [1.82, 2.24) is 19.7 Å². The van der Waals surface area contributed by atoms with Gasteiger partial charge in [0.1, 0.15) is 11.6 Å². The van der Waals surface area contributed by atoms with E-state index in [2.05, 4.69) is 22.2 Å². The molecule has 1 aromatic carbocycles. The van der Waals surface area contributed by atoms with Gasteiger partial charge in [0.25, 0.3) is 0 Å². The first-order chi connectivity index (χ1) is 10.6. The molecular weight excluding hydrogens is 278 g/mol. The van der Waals surface area contributed by atoms with Crippen LogP contribution in [0.15, 0.2) is 30.3 Å². The Kier molecular flexibility index (Phi) is 3.94. The molecule has 1 amide bonds. The topological polar surface area (TPSA) is 77.0 Å². The van der Waals surface area contributed by atoms with Crippen LogP contribution in [0.3, 0.4) is 0 Å². The highest BCUT2D eigenvalue weighted by molar-refractivity contribution is 5.81. The Hall–Kier alpha value is -2.21. The van der Waals surface area contributed by atoms with E-state index in [1.54, 1.807) is 6.92 Å². The zero-order chi connectivity index (χ0) is 15.7. The lowest BCUT2D eigenvalue weighted by Crippen LogP contribution is -2.49. The second-order valence-corrected chi connectivity index (χ2v) is 5.77. The van der Waals surface area contributed by atoms with E-state index < -0.39 is 6.04 Å². The van der Waals surface area contributed by atoms with Crippen molar-refractivity contribution in [2.75, 3.05) is 6.54 Å². The first kappa shape index (κ1) is 14.7. The van der Waals surface area contributed by atoms with Crippen LogP contribution in [0.25, 0.3) is 0 Å². The number of hydrogen-bond acceptors (Lipinski definition) is 4. The van der Waals surface area contributed by atoms with Crippen molar-refractivity contribution in [2.45, 2.75) is 38.9 Å². The number of carbonyl (C=O) groups excluding carboxylic acids is 1. The van der Waals surface area contributed by atoms with Crippen LogP contribution in [0.2, 0.25) is 0 Å². The maximum Gasteiger partial charge on any atom is 0.239 e. The van der Waals surface area contributed by atoms with Gasteiger partial charge in [-0.3, -0.25) is 4.79 Å². The molecule has 2 N–H and O–H groups in total. The van der Waals surface area contributed by atoms with E-state index in [9.17, 15) is 4.79 Å². The molecular formula is C16H21N5O. The number of benzene rings is 1. The summed E-state index contributed by atoms with van der Waals surface area (Å²) in [5.41, 5.74) is 6.98. The fourth-order valence-electron chi connectivity index (χ4n) is 2.94. The van der Waals surface area contributed by atoms with Gasteiger partial charge in [-0.1, -0.05) is 30.3 Å². The molecule has 22 heavy (non-hydrogen) atoms. The summed E-state index contributed by atoms with van der Waals surface area (Å²) in [5, 5.41) is 4.42. The Bertz CT molecular complexity index is 664. The second kappa shape index (κ2) is 5.88. The Morgan fingerprint density at radius 3 is 2.77 bits per heavy atom. The normalized spacial score (nSPS) is 18.9. The Balaban J connectivity index is 1.96. The molecule has 6 nitrogen and oxygen atoms in total. The third kappa shape index (κ3) is 2.74. The van der Waals surface area contributed by atoms with Crippen LogP contribution in [0, 0.1) is 6.92 Å². The lowest BCUT2D eigenvalue weighted by Gasteiger charge is -2.36. The molecule has 1 aromatic heterocycles. The van der Waals surface area contributed by atoms with Crippen LogP contribution in [-0.2, 0) is 17.8 Å². The molecule has 2 aromatic rings. The number of aromatic nitrogens is 3. The van der Waals surface area contributed by atoms with E-state index in [0.29, 0.717) is 13.1 Å². The number of fused-ring (bicyclic) bond motifs is 1. The van der Waals surface area contributed by atoms with Gasteiger partial charge in [-0.25, -0.2) is 9.67 Å². The zero-order valence-electron chi connectivity index (χ0n) is 12.9. The number of hydrogen-bond donors (Lipinski definition) is 1. The van der Waals surface area contributed by atoms with Crippen LogP contribution < -0.4 is 5.73 Å². The molecule has 1 aliphatic heterocycles. The summed E-state index contributed by atoms with van der Waals surface area (Å²) in [6.45, 7) is 4.89. The molecule has 2 heterocycles. The number of amides is 1. The SMILES string of the molecule is Cc1nc2n(n1)CCN(C(=O)[C@@H](C)N)[C@H]2Cc1ccccc1. The fourth-order valence-corrected chi connectivity index (χ4v) is 2.94. The van der Waals surface area contributed by atoms with Gasteiger partial charge in [0.15, 0.2) is 0 Å². The molecule has 0 unspecified atom stereocenters. The molecule has 1 aliphatic rings. The van der Waals surface area contributed by atoms with Crippen molar-refractivity contribution >= 4 is 5.91 Å². The van der Waals surface area contributed by atoms with Gasteiger partial charge in [-0.15, -0.1) is 0 Å². The largest absolute Gasteiger partial charge is 0.329 e. The molecule has 3 rings (SSSR count). The third-order valence-corrected chi connectivity index (χ3v) is 3.98. The highest BCUT2D eigenvalue weighted by Crippen LogP contribution is 2.28. The smallest absolute Gasteiger partial charge is 0.239 e. The highest BCUT2D eigenvalue weighted by atomic mass is 16.2. The van der Waals surface area contributed by atoms with Crippen molar-refractivity contribution in [2.24, 2.45) is 5.73 Å². The van der Waals surface area contributed by atoms with Gasteiger partial charge in [0, 0.05) is 13.0 Å². The molecule has 0 saturated heterocycles. The lowest BCUT2D eigenvalue weighted by atomic mass is 10.0. The van der Waals surface area contributed by atoms with E-state index in [1.165, 1.54) is 5.56 Å². The second-order valence-electron chi connectivity index (χ2n) is 5.77. The summed E-state index contributed by atoms with van der Waals surface area (Å²) in [6.07, 6.45) is 0.720. The number of rotatable bonds is 3. The van der Waals surface area contributed by atoms with Crippen LogP contribution in [-0.4, -0.2) is 38.2 Å². The monoisotopic (exact) mass is 299 g/mol. The minimum absolute atomic E-state index is 0.0344. The average molecular weight is 299 g/mol. The van der Waals surface area contributed by atoms with Crippen molar-refractivity contribution in [3.63, 3.8) is 0 Å². The molecule has 116 valence electrons. The van der Waals surface area contributed by atoms with Crippen molar-refractivity contribution < 1.29 is 4.79 Å². The van der Waals surface area contributed by atoms with Gasteiger partial charge in [-0.05, 0) is 19.4 Å². The summed E-state index contributed by atoms with van der Waals surface area (Å²) in [4.78, 5) is 18.8. The van der Waals surface area contributed by atoms with Crippen molar-refractivity contribution in [3.05, 3.63) is 47.5 Å². The van der Waals surface area contributed by atoms with Gasteiger partial charge < -0.3 is 10.6 Å². The summed E-state index contributed by atoms with van der Waals surface area (Å²) >= 11 is 0. The van der Waals surface area contributed by atoms with Gasteiger partial charge in [0.2, 0.25) is 5.91 Å². The number of carbonyl (C=O) groups is 1. The minimum Gasteiger partial charge on any atom is -0.329 e. The zero-order valence-corrected chi connectivity index (χ0v) is 12.9. The van der Waals surface area contributed by atoms with Crippen LogP contribution in [0.1, 0.15) is 30.2 Å². The summed E-state index contributed by atoms with van der Waals surface area (Å²) in [6, 6.07) is 9.51. The van der Waals surface area contributed by atoms with E-state index >= 15 is 0 Å². The number of nitrogens with zero attached hydrogens (tertiary/aromatic N) is 4. The van der Waals surface area contributed by atoms with E-state index in [0.717, 1.165) is 18.1 Å². The van der Waals surface area contributed by atoms with E-state index in [-0.39, 0.29) is 11.9 Å². The molecule has 6 heteroatoms. The van der Waals surface area contributed by atoms with Gasteiger partial charge >= 0.3 is 0 Å². The van der Waals surface area contributed by atoms with Gasteiger partial charge in [-0.2, -0.15) is 5.10 Å². The molecule has 0 spiro atoms. The minimum atomic E-state index is -0.506. The predicted molar refractivity (Wildman–Crippen MR) is 83.0 cm³/mol. The van der Waals surface area contributed by atoms with E-state index in [4.69, 9.17) is 5.73 Å². The standard InChI is InChI=1S/C16H21N5O/c1-11(17)16(22)20-8-9-21-15(18-12(2)19-21)14(20)10-13-6-4-3-5-7-13/h3-7,11,14H,8-10,17H2,1-2H3/t11-,14+/m1/s1. The molecule has 0 aliphatic carbocycles. The summed E-state index contributed by atoms with van der Waals surface area (Å²) in [7, 11) is 0. The van der Waals surface area contributed by atoms with Crippen molar-refractivity contribution in [1.29, 1.82) is 0 Å². The molecule has 0 radical (unpaired) electrons.